The van der Waals surface area contributed by atoms with Gasteiger partial charge in [-0.1, -0.05) is 29.3 Å². The average molecular weight is 302 g/mol. The predicted octanol–water partition coefficient (Wildman–Crippen LogP) is 2.64. The van der Waals surface area contributed by atoms with Gasteiger partial charge in [-0.2, -0.15) is 5.10 Å². The van der Waals surface area contributed by atoms with Crippen LogP contribution in [-0.2, 0) is 10.5 Å². The quantitative estimate of drug-likeness (QED) is 0.943. The summed E-state index contributed by atoms with van der Waals surface area (Å²) in [5, 5.41) is 15.4. The molecule has 0 amide bonds. The third-order valence-electron chi connectivity index (χ3n) is 3.05. The normalized spacial score (nSPS) is 16.1. The van der Waals surface area contributed by atoms with Crippen LogP contribution >= 0.6 is 23.2 Å². The van der Waals surface area contributed by atoms with E-state index in [1.165, 1.54) is 24.4 Å². The largest absolute Gasteiger partial charge is 0.383 e. The van der Waals surface area contributed by atoms with Gasteiger partial charge in [-0.05, 0) is 19.1 Å². The smallest absolute Gasteiger partial charge is 0.189 e. The van der Waals surface area contributed by atoms with Gasteiger partial charge in [0.1, 0.15) is 18.8 Å². The second-order valence-electron chi connectivity index (χ2n) is 4.17. The molecule has 5 nitrogen and oxygen atoms in total. The number of halogens is 2. The SMILES string of the molecule is COC(C)(C(O)c1ccc(Cl)cc1Cl)n1cncn1. The first-order chi connectivity index (χ1) is 8.99. The first-order valence-electron chi connectivity index (χ1n) is 5.52. The number of ether oxygens (including phenoxy) is 1. The lowest BCUT2D eigenvalue weighted by Gasteiger charge is -2.33. The molecule has 2 atom stereocenters. The maximum Gasteiger partial charge on any atom is 0.189 e. The molecule has 0 spiro atoms. The molecule has 7 heteroatoms. The van der Waals surface area contributed by atoms with Crippen LogP contribution in [0, 0.1) is 0 Å². The van der Waals surface area contributed by atoms with Crippen molar-refractivity contribution in [3.05, 3.63) is 46.5 Å². The summed E-state index contributed by atoms with van der Waals surface area (Å²) < 4.78 is 6.84. The van der Waals surface area contributed by atoms with Gasteiger partial charge in [0.2, 0.25) is 0 Å². The molecule has 1 aromatic carbocycles. The summed E-state index contributed by atoms with van der Waals surface area (Å²) in [7, 11) is 1.48. The number of rotatable bonds is 4. The molecular formula is C12H13Cl2N3O2. The minimum atomic E-state index is -1.12. The molecule has 1 N–H and O–H groups in total. The minimum Gasteiger partial charge on any atom is -0.383 e. The molecule has 0 radical (unpaired) electrons. The van der Waals surface area contributed by atoms with Gasteiger partial charge in [0, 0.05) is 22.7 Å². The molecule has 2 unspecified atom stereocenters. The number of aliphatic hydroxyl groups excluding tert-OH is 1. The molecule has 1 aromatic heterocycles. The second-order valence-corrected chi connectivity index (χ2v) is 5.01. The molecule has 0 saturated carbocycles. The van der Waals surface area contributed by atoms with E-state index in [-0.39, 0.29) is 0 Å². The van der Waals surface area contributed by atoms with Gasteiger partial charge in [0.15, 0.2) is 5.72 Å². The van der Waals surface area contributed by atoms with Crippen molar-refractivity contribution in [2.45, 2.75) is 18.8 Å². The number of benzene rings is 1. The fourth-order valence-electron chi connectivity index (χ4n) is 1.78. The van der Waals surface area contributed by atoms with Gasteiger partial charge in [0.05, 0.1) is 0 Å². The van der Waals surface area contributed by atoms with Crippen LogP contribution in [0.15, 0.2) is 30.9 Å². The molecule has 0 aliphatic carbocycles. The number of hydrogen-bond donors (Lipinski definition) is 1. The molecule has 2 rings (SSSR count). The van der Waals surface area contributed by atoms with E-state index in [1.807, 2.05) is 0 Å². The van der Waals surface area contributed by atoms with Crippen molar-refractivity contribution in [2.24, 2.45) is 0 Å². The Morgan fingerprint density at radius 1 is 1.42 bits per heavy atom. The Morgan fingerprint density at radius 2 is 2.16 bits per heavy atom. The first kappa shape index (κ1) is 14.3. The lowest BCUT2D eigenvalue weighted by Crippen LogP contribution is -2.39. The van der Waals surface area contributed by atoms with Crippen LogP contribution in [0.5, 0.6) is 0 Å². The Labute approximate surface area is 120 Å². The number of nitrogens with zero attached hydrogens (tertiary/aromatic N) is 3. The summed E-state index contributed by atoms with van der Waals surface area (Å²) in [5.74, 6) is 0. The highest BCUT2D eigenvalue weighted by molar-refractivity contribution is 6.35. The number of hydrogen-bond acceptors (Lipinski definition) is 4. The summed E-state index contributed by atoms with van der Waals surface area (Å²) in [6, 6.07) is 4.88. The van der Waals surface area contributed by atoms with Crippen LogP contribution in [0.25, 0.3) is 0 Å². The summed E-state index contributed by atoms with van der Waals surface area (Å²) in [6.45, 7) is 1.69. The molecule has 0 aliphatic rings. The van der Waals surface area contributed by atoms with Gasteiger partial charge >= 0.3 is 0 Å². The van der Waals surface area contributed by atoms with E-state index in [9.17, 15) is 5.11 Å². The number of aromatic nitrogens is 3. The molecule has 2 aromatic rings. The van der Waals surface area contributed by atoms with Gasteiger partial charge < -0.3 is 9.84 Å². The molecule has 102 valence electrons. The molecule has 19 heavy (non-hydrogen) atoms. The average Bonchev–Trinajstić information content (AvgIpc) is 2.91. The van der Waals surface area contributed by atoms with Crippen LogP contribution in [-0.4, -0.2) is 27.0 Å². The lowest BCUT2D eigenvalue weighted by atomic mass is 10.00. The topological polar surface area (TPSA) is 60.2 Å². The zero-order valence-electron chi connectivity index (χ0n) is 10.4. The molecular weight excluding hydrogens is 289 g/mol. The third-order valence-corrected chi connectivity index (χ3v) is 3.61. The third kappa shape index (κ3) is 2.60. The molecule has 0 bridgehead atoms. The first-order valence-corrected chi connectivity index (χ1v) is 6.28. The summed E-state index contributed by atoms with van der Waals surface area (Å²) in [4.78, 5) is 3.86. The van der Waals surface area contributed by atoms with Gasteiger partial charge in [-0.15, -0.1) is 0 Å². The van der Waals surface area contributed by atoms with Crippen molar-refractivity contribution < 1.29 is 9.84 Å². The second kappa shape index (κ2) is 5.46. The van der Waals surface area contributed by atoms with Crippen LogP contribution in [0.4, 0.5) is 0 Å². The highest BCUT2D eigenvalue weighted by Crippen LogP contribution is 2.36. The number of methoxy groups -OCH3 is 1. The Hall–Kier alpha value is -1.14. The maximum atomic E-state index is 10.5. The van der Waals surface area contributed by atoms with E-state index < -0.39 is 11.8 Å². The molecule has 1 heterocycles. The van der Waals surface area contributed by atoms with Crippen molar-refractivity contribution in [2.75, 3.05) is 7.11 Å². The van der Waals surface area contributed by atoms with Crippen LogP contribution in [0.1, 0.15) is 18.6 Å². The van der Waals surface area contributed by atoms with E-state index >= 15 is 0 Å². The predicted molar refractivity (Wildman–Crippen MR) is 72.1 cm³/mol. The van der Waals surface area contributed by atoms with Gasteiger partial charge in [-0.25, -0.2) is 9.67 Å². The Morgan fingerprint density at radius 3 is 2.68 bits per heavy atom. The fourth-order valence-corrected chi connectivity index (χ4v) is 2.29. The fraction of sp³-hybridized carbons (Fsp3) is 0.333. The molecule has 0 aliphatic heterocycles. The Kier molecular flexibility index (Phi) is 4.10. The van der Waals surface area contributed by atoms with E-state index in [4.69, 9.17) is 27.9 Å². The van der Waals surface area contributed by atoms with Crippen molar-refractivity contribution in [3.8, 4) is 0 Å². The van der Waals surface area contributed by atoms with Crippen molar-refractivity contribution >= 4 is 23.2 Å². The van der Waals surface area contributed by atoms with Crippen molar-refractivity contribution in [1.29, 1.82) is 0 Å². The summed E-state index contributed by atoms with van der Waals surface area (Å²) in [5.41, 5.74) is -0.612. The lowest BCUT2D eigenvalue weighted by molar-refractivity contribution is -0.157. The minimum absolute atomic E-state index is 0.364. The highest BCUT2D eigenvalue weighted by Gasteiger charge is 2.38. The Balaban J connectivity index is 2.44. The van der Waals surface area contributed by atoms with Crippen LogP contribution in [0.3, 0.4) is 0 Å². The summed E-state index contributed by atoms with van der Waals surface area (Å²) in [6.07, 6.45) is 1.81. The molecule has 0 saturated heterocycles. The van der Waals surface area contributed by atoms with E-state index in [2.05, 4.69) is 10.1 Å². The van der Waals surface area contributed by atoms with Gasteiger partial charge in [0.25, 0.3) is 0 Å². The van der Waals surface area contributed by atoms with E-state index in [0.717, 1.165) is 0 Å². The van der Waals surface area contributed by atoms with Crippen molar-refractivity contribution in [1.82, 2.24) is 14.8 Å². The zero-order chi connectivity index (χ0) is 14.0. The van der Waals surface area contributed by atoms with E-state index in [0.29, 0.717) is 15.6 Å². The maximum absolute atomic E-state index is 10.5. The van der Waals surface area contributed by atoms with Gasteiger partial charge in [-0.3, -0.25) is 0 Å². The highest BCUT2D eigenvalue weighted by atomic mass is 35.5. The monoisotopic (exact) mass is 301 g/mol. The summed E-state index contributed by atoms with van der Waals surface area (Å²) >= 11 is 11.9. The standard InChI is InChI=1S/C12H13Cl2N3O2/c1-12(19-2,17-7-15-6-16-17)11(18)9-4-3-8(13)5-10(9)14/h3-7,11,18H,1-2H3. The Bertz CT molecular complexity index is 562. The molecule has 0 fully saturated rings. The van der Waals surface area contributed by atoms with E-state index in [1.54, 1.807) is 25.1 Å². The van der Waals surface area contributed by atoms with Crippen LogP contribution < -0.4 is 0 Å². The van der Waals surface area contributed by atoms with Crippen molar-refractivity contribution in [3.63, 3.8) is 0 Å². The zero-order valence-corrected chi connectivity index (χ0v) is 11.9. The van der Waals surface area contributed by atoms with Crippen LogP contribution in [0.2, 0.25) is 10.0 Å². The number of aliphatic hydroxyl groups is 1.